The summed E-state index contributed by atoms with van der Waals surface area (Å²) >= 11 is 1.84. The third-order valence-corrected chi connectivity index (χ3v) is 4.50. The van der Waals surface area contributed by atoms with Crippen molar-refractivity contribution in [1.82, 2.24) is 0 Å². The first-order valence-electron chi connectivity index (χ1n) is 5.37. The molecular weight excluding hydrogens is 206 g/mol. The molecule has 2 nitrogen and oxygen atoms in total. The number of para-hydroxylation sites is 1. The Balaban J connectivity index is 1.93. The van der Waals surface area contributed by atoms with Gasteiger partial charge in [-0.15, -0.1) is 11.8 Å². The van der Waals surface area contributed by atoms with Crippen molar-refractivity contribution in [3.63, 3.8) is 0 Å². The highest BCUT2D eigenvalue weighted by Gasteiger charge is 2.34. The zero-order valence-corrected chi connectivity index (χ0v) is 9.20. The van der Waals surface area contributed by atoms with Crippen LogP contribution in [0.25, 0.3) is 0 Å². The monoisotopic (exact) mass is 219 g/mol. The maximum atomic E-state index is 9.74. The second-order valence-corrected chi connectivity index (χ2v) is 5.33. The van der Waals surface area contributed by atoms with E-state index in [1.807, 2.05) is 30.0 Å². The molecule has 1 fully saturated rings. The van der Waals surface area contributed by atoms with Crippen molar-refractivity contribution >= 4 is 16.8 Å². The molecule has 0 saturated heterocycles. The average molecular weight is 219 g/mol. The minimum Gasteiger partial charge on any atom is -0.507 e. The minimum atomic E-state index is 0.351. The van der Waals surface area contributed by atoms with Gasteiger partial charge in [0.05, 0.1) is 6.04 Å². The number of rotatable bonds is 1. The number of nitrogens with zero attached hydrogens (tertiary/aromatic N) is 1. The summed E-state index contributed by atoms with van der Waals surface area (Å²) in [5.74, 6) is 0.351. The van der Waals surface area contributed by atoms with E-state index >= 15 is 0 Å². The summed E-state index contributed by atoms with van der Waals surface area (Å²) < 4.78 is 0. The van der Waals surface area contributed by atoms with Crippen molar-refractivity contribution < 1.29 is 5.11 Å². The fourth-order valence-corrected chi connectivity index (χ4v) is 3.72. The van der Waals surface area contributed by atoms with Crippen LogP contribution in [0.3, 0.4) is 0 Å². The zero-order chi connectivity index (χ0) is 10.3. The largest absolute Gasteiger partial charge is 0.507 e. The van der Waals surface area contributed by atoms with E-state index in [9.17, 15) is 5.11 Å². The van der Waals surface area contributed by atoms with Gasteiger partial charge < -0.3 is 5.11 Å². The molecule has 3 rings (SSSR count). The molecule has 1 aliphatic carbocycles. The van der Waals surface area contributed by atoms with Crippen molar-refractivity contribution in [1.29, 1.82) is 0 Å². The average Bonchev–Trinajstić information content (AvgIpc) is 2.77. The van der Waals surface area contributed by atoms with Gasteiger partial charge in [0, 0.05) is 10.8 Å². The van der Waals surface area contributed by atoms with Crippen LogP contribution in [-0.4, -0.2) is 21.4 Å². The molecule has 0 spiro atoms. The van der Waals surface area contributed by atoms with E-state index in [4.69, 9.17) is 4.99 Å². The first-order chi connectivity index (χ1) is 7.34. The first kappa shape index (κ1) is 9.28. The van der Waals surface area contributed by atoms with Crippen molar-refractivity contribution in [2.45, 2.75) is 30.6 Å². The van der Waals surface area contributed by atoms with Crippen LogP contribution in [0.2, 0.25) is 0 Å². The van der Waals surface area contributed by atoms with Crippen molar-refractivity contribution in [3.05, 3.63) is 29.8 Å². The highest BCUT2D eigenvalue weighted by molar-refractivity contribution is 8.15. The third-order valence-electron chi connectivity index (χ3n) is 3.10. The Kier molecular flexibility index (Phi) is 2.20. The molecule has 78 valence electrons. The zero-order valence-electron chi connectivity index (χ0n) is 8.39. The predicted octanol–water partition coefficient (Wildman–Crippen LogP) is 2.81. The van der Waals surface area contributed by atoms with Crippen LogP contribution in [0.5, 0.6) is 5.75 Å². The maximum absolute atomic E-state index is 9.74. The Hall–Kier alpha value is -0.960. The molecule has 1 aromatic rings. The number of phenols is 1. The van der Waals surface area contributed by atoms with Crippen LogP contribution >= 0.6 is 11.8 Å². The van der Waals surface area contributed by atoms with Gasteiger partial charge in [-0.3, -0.25) is 4.99 Å². The van der Waals surface area contributed by atoms with E-state index in [2.05, 4.69) is 0 Å². The number of hydrogen-bond donors (Lipinski definition) is 1. The van der Waals surface area contributed by atoms with Crippen molar-refractivity contribution in [3.8, 4) is 5.75 Å². The van der Waals surface area contributed by atoms with Gasteiger partial charge in [-0.05, 0) is 25.0 Å². The number of hydrogen-bond acceptors (Lipinski definition) is 3. The van der Waals surface area contributed by atoms with Crippen LogP contribution in [-0.2, 0) is 0 Å². The van der Waals surface area contributed by atoms with Crippen LogP contribution in [0.4, 0.5) is 0 Å². The topological polar surface area (TPSA) is 32.6 Å². The summed E-state index contributed by atoms with van der Waals surface area (Å²) in [6.45, 7) is 0. The highest BCUT2D eigenvalue weighted by atomic mass is 32.2. The standard InChI is InChI=1S/C12H13NOS/c14-10-6-2-1-4-8(10)12-13-9-5-3-7-11(9)15-12/h1-2,4,6,9,11,14H,3,5,7H2/t9-,11+/m1/s1. The molecule has 2 atom stereocenters. The van der Waals surface area contributed by atoms with Crippen LogP contribution in [0.1, 0.15) is 24.8 Å². The molecule has 1 aromatic carbocycles. The summed E-state index contributed by atoms with van der Waals surface area (Å²) in [6.07, 6.45) is 3.80. The summed E-state index contributed by atoms with van der Waals surface area (Å²) in [7, 11) is 0. The number of aliphatic imine (C=N–C) groups is 1. The molecule has 0 radical (unpaired) electrons. The molecule has 1 saturated carbocycles. The number of thioether (sulfide) groups is 1. The molecule has 0 amide bonds. The molecule has 15 heavy (non-hydrogen) atoms. The minimum absolute atomic E-state index is 0.351. The van der Waals surface area contributed by atoms with Gasteiger partial charge in [-0.1, -0.05) is 18.6 Å². The van der Waals surface area contributed by atoms with Crippen LogP contribution in [0.15, 0.2) is 29.3 Å². The lowest BCUT2D eigenvalue weighted by Crippen LogP contribution is -2.07. The molecular formula is C12H13NOS. The number of fused-ring (bicyclic) bond motifs is 1. The van der Waals surface area contributed by atoms with Gasteiger partial charge in [-0.25, -0.2) is 0 Å². The summed E-state index contributed by atoms with van der Waals surface area (Å²) in [5, 5.41) is 11.4. The SMILES string of the molecule is Oc1ccccc1C1=N[C@@H]2CCC[C@@H]2S1. The molecule has 1 heterocycles. The highest BCUT2D eigenvalue weighted by Crippen LogP contribution is 2.41. The summed E-state index contributed by atoms with van der Waals surface area (Å²) in [6, 6.07) is 7.98. The smallest absolute Gasteiger partial charge is 0.125 e. The first-order valence-corrected chi connectivity index (χ1v) is 6.25. The van der Waals surface area contributed by atoms with E-state index in [0.29, 0.717) is 17.0 Å². The van der Waals surface area contributed by atoms with Crippen LogP contribution in [0, 0.1) is 0 Å². The maximum Gasteiger partial charge on any atom is 0.125 e. The fraction of sp³-hybridized carbons (Fsp3) is 0.417. The molecule has 0 aromatic heterocycles. The van der Waals surface area contributed by atoms with E-state index in [0.717, 1.165) is 10.6 Å². The Morgan fingerprint density at radius 3 is 2.93 bits per heavy atom. The molecule has 0 unspecified atom stereocenters. The van der Waals surface area contributed by atoms with Crippen LogP contribution < -0.4 is 0 Å². The summed E-state index contributed by atoms with van der Waals surface area (Å²) in [5.41, 5.74) is 0.900. The predicted molar refractivity (Wildman–Crippen MR) is 63.7 cm³/mol. The molecule has 1 N–H and O–H groups in total. The number of phenolic OH excluding ortho intramolecular Hbond substituents is 1. The summed E-state index contributed by atoms with van der Waals surface area (Å²) in [4.78, 5) is 4.70. The van der Waals surface area contributed by atoms with Gasteiger partial charge in [-0.2, -0.15) is 0 Å². The van der Waals surface area contributed by atoms with Crippen molar-refractivity contribution in [2.75, 3.05) is 0 Å². The molecule has 3 heteroatoms. The van der Waals surface area contributed by atoms with E-state index < -0.39 is 0 Å². The normalized spacial score (nSPS) is 28.9. The van der Waals surface area contributed by atoms with Gasteiger partial charge >= 0.3 is 0 Å². The van der Waals surface area contributed by atoms with Gasteiger partial charge in [0.25, 0.3) is 0 Å². The molecule has 0 bridgehead atoms. The Morgan fingerprint density at radius 2 is 2.13 bits per heavy atom. The molecule has 1 aliphatic heterocycles. The molecule has 2 aliphatic rings. The third kappa shape index (κ3) is 1.55. The van der Waals surface area contributed by atoms with E-state index in [1.165, 1.54) is 19.3 Å². The number of aromatic hydroxyl groups is 1. The Bertz CT molecular complexity index is 416. The fourth-order valence-electron chi connectivity index (χ4n) is 2.30. The van der Waals surface area contributed by atoms with Gasteiger partial charge in [0.15, 0.2) is 0 Å². The Morgan fingerprint density at radius 1 is 1.27 bits per heavy atom. The van der Waals surface area contributed by atoms with E-state index in [1.54, 1.807) is 6.07 Å². The van der Waals surface area contributed by atoms with Gasteiger partial charge in [0.2, 0.25) is 0 Å². The van der Waals surface area contributed by atoms with E-state index in [-0.39, 0.29) is 0 Å². The second-order valence-electron chi connectivity index (χ2n) is 4.11. The van der Waals surface area contributed by atoms with Crippen molar-refractivity contribution in [2.24, 2.45) is 4.99 Å². The lowest BCUT2D eigenvalue weighted by molar-refractivity contribution is 0.474. The quantitative estimate of drug-likeness (QED) is 0.787. The van der Waals surface area contributed by atoms with Gasteiger partial charge in [0.1, 0.15) is 10.8 Å². The lowest BCUT2D eigenvalue weighted by Gasteiger charge is -2.05. The Labute approximate surface area is 93.4 Å². The second kappa shape index (κ2) is 3.56. The number of benzene rings is 1. The lowest BCUT2D eigenvalue weighted by atomic mass is 10.2.